The van der Waals surface area contributed by atoms with Gasteiger partial charge in [-0.15, -0.1) is 0 Å². The van der Waals surface area contributed by atoms with E-state index in [1.807, 2.05) is 0 Å². The first-order valence-electron chi connectivity index (χ1n) is 12.5. The second-order valence-corrected chi connectivity index (χ2v) is 11.3. The van der Waals surface area contributed by atoms with E-state index in [9.17, 15) is 0 Å². The summed E-state index contributed by atoms with van der Waals surface area (Å²) in [5.41, 5.74) is 6.34. The van der Waals surface area contributed by atoms with E-state index in [-0.39, 0.29) is 0 Å². The van der Waals surface area contributed by atoms with E-state index in [2.05, 4.69) is 68.9 Å². The van der Waals surface area contributed by atoms with Crippen LogP contribution in [0.3, 0.4) is 0 Å². The lowest BCUT2D eigenvalue weighted by molar-refractivity contribution is 0.0961. The highest BCUT2D eigenvalue weighted by Gasteiger charge is 2.43. The SMILES string of the molecule is CCCCNC(I)N(C)C1NCC(C2CCC(CN3CCN(C)CC3)CC2)C1CN. The van der Waals surface area contributed by atoms with Crippen molar-refractivity contribution in [3.8, 4) is 0 Å². The molecule has 3 aliphatic rings. The van der Waals surface area contributed by atoms with Crippen molar-refractivity contribution < 1.29 is 0 Å². The smallest absolute Gasteiger partial charge is 0.114 e. The predicted octanol–water partition coefficient (Wildman–Crippen LogP) is 2.20. The first kappa shape index (κ1) is 25.1. The fraction of sp³-hybridized carbons (Fsp3) is 1.00. The van der Waals surface area contributed by atoms with E-state index in [1.54, 1.807) is 0 Å². The summed E-state index contributed by atoms with van der Waals surface area (Å²) >= 11 is 2.54. The van der Waals surface area contributed by atoms with Gasteiger partial charge in [0.15, 0.2) is 0 Å². The third-order valence-electron chi connectivity index (χ3n) is 8.04. The molecule has 0 aromatic rings. The summed E-state index contributed by atoms with van der Waals surface area (Å²) in [6, 6.07) is 0. The quantitative estimate of drug-likeness (QED) is 0.131. The second-order valence-electron chi connectivity index (χ2n) is 10.1. The van der Waals surface area contributed by atoms with E-state index in [4.69, 9.17) is 5.73 Å². The van der Waals surface area contributed by atoms with Crippen LogP contribution < -0.4 is 16.4 Å². The Hall–Kier alpha value is 0.490. The lowest BCUT2D eigenvalue weighted by Crippen LogP contribution is -2.53. The lowest BCUT2D eigenvalue weighted by Gasteiger charge is -2.39. The summed E-state index contributed by atoms with van der Waals surface area (Å²) in [5.74, 6) is 3.08. The Morgan fingerprint density at radius 3 is 2.50 bits per heavy atom. The van der Waals surface area contributed by atoms with Crippen LogP contribution in [0.1, 0.15) is 45.4 Å². The van der Waals surface area contributed by atoms with E-state index in [0.29, 0.717) is 16.3 Å². The molecule has 30 heavy (non-hydrogen) atoms. The number of likely N-dealkylation sites (N-methyl/N-ethyl adjacent to an activating group) is 1. The molecule has 0 spiro atoms. The van der Waals surface area contributed by atoms with Crippen molar-refractivity contribution in [2.45, 2.75) is 55.8 Å². The van der Waals surface area contributed by atoms with Crippen molar-refractivity contribution in [2.24, 2.45) is 29.4 Å². The highest BCUT2D eigenvalue weighted by Crippen LogP contribution is 2.40. The number of alkyl halides is 1. The third-order valence-corrected chi connectivity index (χ3v) is 9.36. The standard InChI is InChI=1S/C23H47IN6/c1-4-5-10-26-23(24)29(3)22-20(15-25)21(16-27-22)19-8-6-18(7-9-19)17-30-13-11-28(2)12-14-30/h18-23,26-27H,4-17,25H2,1-3H3. The predicted molar refractivity (Wildman–Crippen MR) is 136 cm³/mol. The normalized spacial score (nSPS) is 35.2. The molecule has 6 nitrogen and oxygen atoms in total. The Morgan fingerprint density at radius 2 is 1.87 bits per heavy atom. The molecule has 1 saturated carbocycles. The molecule has 176 valence electrons. The maximum atomic E-state index is 6.34. The largest absolute Gasteiger partial charge is 0.330 e. The molecule has 2 aliphatic heterocycles. The summed E-state index contributed by atoms with van der Waals surface area (Å²) in [6.45, 7) is 11.6. The topological polar surface area (TPSA) is 59.8 Å². The van der Waals surface area contributed by atoms with Gasteiger partial charge in [-0.2, -0.15) is 0 Å². The minimum Gasteiger partial charge on any atom is -0.330 e. The first-order chi connectivity index (χ1) is 14.5. The number of unbranched alkanes of at least 4 members (excludes halogenated alkanes) is 1. The highest BCUT2D eigenvalue weighted by molar-refractivity contribution is 14.1. The average molecular weight is 535 g/mol. The van der Waals surface area contributed by atoms with E-state index in [0.717, 1.165) is 37.4 Å². The van der Waals surface area contributed by atoms with Crippen LogP contribution in [-0.2, 0) is 0 Å². The number of hydrogen-bond acceptors (Lipinski definition) is 6. The van der Waals surface area contributed by atoms with Gasteiger partial charge >= 0.3 is 0 Å². The molecule has 0 aromatic heterocycles. The van der Waals surface area contributed by atoms with Crippen LogP contribution in [-0.4, -0.2) is 91.5 Å². The Morgan fingerprint density at radius 1 is 1.17 bits per heavy atom. The summed E-state index contributed by atoms with van der Waals surface area (Å²) in [6.07, 6.45) is 8.52. The Kier molecular flexibility index (Phi) is 10.6. The van der Waals surface area contributed by atoms with Gasteiger partial charge in [-0.05, 0) is 99.6 Å². The summed E-state index contributed by atoms with van der Waals surface area (Å²) in [4.78, 5) is 7.65. The van der Waals surface area contributed by atoms with Crippen LogP contribution in [0.4, 0.5) is 0 Å². The zero-order valence-electron chi connectivity index (χ0n) is 19.7. The first-order valence-corrected chi connectivity index (χ1v) is 13.7. The van der Waals surface area contributed by atoms with Gasteiger partial charge in [-0.3, -0.25) is 10.2 Å². The number of nitrogens with two attached hydrogens (primary N) is 1. The second kappa shape index (κ2) is 12.7. The summed E-state index contributed by atoms with van der Waals surface area (Å²) in [7, 11) is 4.50. The fourth-order valence-corrected chi connectivity index (χ4v) is 6.60. The molecule has 4 atom stereocenters. The monoisotopic (exact) mass is 534 g/mol. The molecule has 3 rings (SSSR count). The molecule has 0 aromatic carbocycles. The van der Waals surface area contributed by atoms with Crippen LogP contribution in [0.2, 0.25) is 0 Å². The number of nitrogens with one attached hydrogen (secondary N) is 2. The van der Waals surface area contributed by atoms with Crippen LogP contribution in [0.15, 0.2) is 0 Å². The average Bonchev–Trinajstić information content (AvgIpc) is 3.19. The van der Waals surface area contributed by atoms with Crippen molar-refractivity contribution in [2.75, 3.05) is 66.5 Å². The number of rotatable bonds is 10. The van der Waals surface area contributed by atoms with Crippen LogP contribution in [0.5, 0.6) is 0 Å². The molecule has 4 N–H and O–H groups in total. The maximum absolute atomic E-state index is 6.34. The molecule has 1 aliphatic carbocycles. The van der Waals surface area contributed by atoms with Gasteiger partial charge < -0.3 is 20.9 Å². The number of halogens is 1. The van der Waals surface area contributed by atoms with Gasteiger partial charge in [-0.25, -0.2) is 0 Å². The van der Waals surface area contributed by atoms with Gasteiger partial charge in [0.2, 0.25) is 0 Å². The lowest BCUT2D eigenvalue weighted by atomic mass is 9.72. The molecule has 2 saturated heterocycles. The molecule has 0 radical (unpaired) electrons. The molecule has 3 fully saturated rings. The van der Waals surface area contributed by atoms with Crippen molar-refractivity contribution in [1.29, 1.82) is 0 Å². The maximum Gasteiger partial charge on any atom is 0.114 e. The minimum absolute atomic E-state index is 0.360. The third kappa shape index (κ3) is 6.75. The Bertz CT molecular complexity index is 478. The number of piperazine rings is 1. The zero-order chi connectivity index (χ0) is 21.5. The van der Waals surface area contributed by atoms with Crippen LogP contribution in [0, 0.1) is 23.7 Å². The minimum atomic E-state index is 0.360. The van der Waals surface area contributed by atoms with Crippen LogP contribution >= 0.6 is 22.6 Å². The van der Waals surface area contributed by atoms with Gasteiger partial charge in [0.05, 0.1) is 6.17 Å². The Balaban J connectivity index is 1.45. The summed E-state index contributed by atoms with van der Waals surface area (Å²) < 4.78 is 0.360. The number of hydrogen-bond donors (Lipinski definition) is 3. The van der Waals surface area contributed by atoms with Gasteiger partial charge in [0, 0.05) is 45.2 Å². The zero-order valence-corrected chi connectivity index (χ0v) is 21.8. The molecule has 0 amide bonds. The fourth-order valence-electron chi connectivity index (χ4n) is 5.94. The van der Waals surface area contributed by atoms with Crippen LogP contribution in [0.25, 0.3) is 0 Å². The van der Waals surface area contributed by atoms with Gasteiger partial charge in [-0.1, -0.05) is 13.3 Å². The van der Waals surface area contributed by atoms with Crippen molar-refractivity contribution in [3.63, 3.8) is 0 Å². The molecular formula is C23H47IN6. The van der Waals surface area contributed by atoms with E-state index >= 15 is 0 Å². The highest BCUT2D eigenvalue weighted by atomic mass is 127. The van der Waals surface area contributed by atoms with Gasteiger partial charge in [0.25, 0.3) is 0 Å². The van der Waals surface area contributed by atoms with E-state index in [1.165, 1.54) is 71.2 Å². The van der Waals surface area contributed by atoms with Gasteiger partial charge in [0.1, 0.15) is 4.17 Å². The molecule has 0 bridgehead atoms. The van der Waals surface area contributed by atoms with E-state index < -0.39 is 0 Å². The molecular weight excluding hydrogens is 487 g/mol. The van der Waals surface area contributed by atoms with Crippen molar-refractivity contribution in [1.82, 2.24) is 25.3 Å². The molecule has 2 heterocycles. The van der Waals surface area contributed by atoms with Crippen molar-refractivity contribution in [3.05, 3.63) is 0 Å². The molecule has 4 unspecified atom stereocenters. The molecule has 7 heteroatoms. The Labute approximate surface area is 199 Å². The summed E-state index contributed by atoms with van der Waals surface area (Å²) in [5, 5.41) is 7.52. The number of nitrogens with zero attached hydrogens (tertiary/aromatic N) is 3. The van der Waals surface area contributed by atoms with Crippen molar-refractivity contribution >= 4 is 22.6 Å².